The van der Waals surface area contributed by atoms with Crippen LogP contribution in [0.25, 0.3) is 0 Å². The molecule has 0 spiro atoms. The first-order valence-electron chi connectivity index (χ1n) is 7.44. The molecule has 3 rings (SSSR count). The van der Waals surface area contributed by atoms with E-state index in [1.807, 2.05) is 0 Å². The number of carbonyl (C=O) groups is 2. The molecule has 10 heteroatoms. The topological polar surface area (TPSA) is 131 Å². The zero-order valence-corrected chi connectivity index (χ0v) is 13.1. The lowest BCUT2D eigenvalue weighted by Crippen LogP contribution is -2.34. The molecule has 1 aliphatic heterocycles. The van der Waals surface area contributed by atoms with Crippen LogP contribution in [0.5, 0.6) is 11.5 Å². The molecule has 25 heavy (non-hydrogen) atoms. The van der Waals surface area contributed by atoms with Gasteiger partial charge in [0.1, 0.15) is 25.6 Å². The van der Waals surface area contributed by atoms with Crippen molar-refractivity contribution in [2.24, 2.45) is 0 Å². The quantitative estimate of drug-likeness (QED) is 0.834. The van der Waals surface area contributed by atoms with Gasteiger partial charge in [-0.15, -0.1) is 5.10 Å². The zero-order valence-electron chi connectivity index (χ0n) is 13.1. The number of hydrogen-bond donors (Lipinski definition) is 2. The van der Waals surface area contributed by atoms with Crippen LogP contribution in [0, 0.1) is 11.3 Å². The van der Waals surface area contributed by atoms with Crippen molar-refractivity contribution in [3.63, 3.8) is 0 Å². The maximum atomic E-state index is 11.9. The van der Waals surface area contributed by atoms with Crippen LogP contribution in [0.4, 0.5) is 10.5 Å². The summed E-state index contributed by atoms with van der Waals surface area (Å²) in [6, 6.07) is 6.09. The molecule has 0 radical (unpaired) electrons. The molecule has 0 atom stereocenters. The van der Waals surface area contributed by atoms with Crippen molar-refractivity contribution >= 4 is 17.6 Å². The fraction of sp³-hybridized carbons (Fsp3) is 0.267. The van der Waals surface area contributed by atoms with Gasteiger partial charge in [-0.2, -0.15) is 5.26 Å². The number of rotatable bonds is 4. The molecule has 0 bridgehead atoms. The summed E-state index contributed by atoms with van der Waals surface area (Å²) in [7, 11) is 0. The van der Waals surface area contributed by atoms with E-state index in [-0.39, 0.29) is 18.8 Å². The molecule has 2 N–H and O–H groups in total. The Morgan fingerprint density at radius 3 is 2.84 bits per heavy atom. The first-order valence-corrected chi connectivity index (χ1v) is 7.44. The lowest BCUT2D eigenvalue weighted by Gasteiger charge is -2.19. The highest BCUT2D eigenvalue weighted by Crippen LogP contribution is 2.32. The van der Waals surface area contributed by atoms with E-state index in [1.165, 1.54) is 11.0 Å². The van der Waals surface area contributed by atoms with Crippen LogP contribution < -0.4 is 20.1 Å². The molecule has 2 aromatic rings. The lowest BCUT2D eigenvalue weighted by molar-refractivity contribution is -0.120. The van der Waals surface area contributed by atoms with Crippen LogP contribution in [0.1, 0.15) is 12.2 Å². The van der Waals surface area contributed by atoms with E-state index in [0.29, 0.717) is 30.4 Å². The Bertz CT molecular complexity index is 841. The minimum Gasteiger partial charge on any atom is -0.486 e. The average molecular weight is 342 g/mol. The molecule has 0 aliphatic carbocycles. The van der Waals surface area contributed by atoms with Gasteiger partial charge in [0.25, 0.3) is 5.82 Å². The van der Waals surface area contributed by atoms with Crippen molar-refractivity contribution in [1.82, 2.24) is 20.1 Å². The lowest BCUT2D eigenvalue weighted by atomic mass is 10.2. The van der Waals surface area contributed by atoms with Gasteiger partial charge in [-0.25, -0.2) is 9.78 Å². The van der Waals surface area contributed by atoms with Crippen molar-refractivity contribution in [2.75, 3.05) is 18.5 Å². The van der Waals surface area contributed by atoms with E-state index in [9.17, 15) is 9.59 Å². The van der Waals surface area contributed by atoms with Gasteiger partial charge < -0.3 is 14.8 Å². The summed E-state index contributed by atoms with van der Waals surface area (Å²) in [5.41, 5.74) is 0.476. The average Bonchev–Trinajstić information content (AvgIpc) is 3.08. The van der Waals surface area contributed by atoms with Crippen LogP contribution in [0.15, 0.2) is 24.5 Å². The highest BCUT2D eigenvalue weighted by atomic mass is 16.6. The number of ether oxygens (including phenoxy) is 2. The number of hydrogen-bond acceptors (Lipinski definition) is 7. The summed E-state index contributed by atoms with van der Waals surface area (Å²) >= 11 is 0. The molecule has 0 saturated heterocycles. The SMILES string of the molecule is N#Cc1ncn(CCC(=O)NC(=O)Nc2ccc3c(c2)OCCO3)n1. The van der Waals surface area contributed by atoms with Crippen LogP contribution in [-0.2, 0) is 11.3 Å². The minimum atomic E-state index is -0.655. The van der Waals surface area contributed by atoms with E-state index in [1.54, 1.807) is 24.3 Å². The van der Waals surface area contributed by atoms with E-state index < -0.39 is 11.9 Å². The summed E-state index contributed by atoms with van der Waals surface area (Å²) < 4.78 is 12.2. The predicted molar refractivity (Wildman–Crippen MR) is 83.9 cm³/mol. The Labute approximate surface area is 142 Å². The largest absolute Gasteiger partial charge is 0.486 e. The maximum Gasteiger partial charge on any atom is 0.325 e. The standard InChI is InChI=1S/C15H14N6O4/c16-8-13-17-9-21(20-13)4-3-14(22)19-15(23)18-10-1-2-11-12(7-10)25-6-5-24-11/h1-2,7,9H,3-6H2,(H2,18,19,22,23). The fourth-order valence-corrected chi connectivity index (χ4v) is 2.14. The number of anilines is 1. The van der Waals surface area contributed by atoms with Crippen LogP contribution >= 0.6 is 0 Å². The number of nitrogens with one attached hydrogen (secondary N) is 2. The van der Waals surface area contributed by atoms with Gasteiger partial charge in [0, 0.05) is 18.2 Å². The molecule has 3 amide bonds. The summed E-state index contributed by atoms with van der Waals surface area (Å²) in [4.78, 5) is 27.4. The van der Waals surface area contributed by atoms with Crippen molar-refractivity contribution in [2.45, 2.75) is 13.0 Å². The van der Waals surface area contributed by atoms with Crippen molar-refractivity contribution in [3.8, 4) is 17.6 Å². The first-order chi connectivity index (χ1) is 12.1. The minimum absolute atomic E-state index is 0.0167. The van der Waals surface area contributed by atoms with E-state index in [2.05, 4.69) is 20.7 Å². The number of benzene rings is 1. The Morgan fingerprint density at radius 1 is 1.28 bits per heavy atom. The second kappa shape index (κ2) is 7.31. The number of aryl methyl sites for hydroxylation is 1. The Morgan fingerprint density at radius 2 is 2.08 bits per heavy atom. The Kier molecular flexibility index (Phi) is 4.75. The highest BCUT2D eigenvalue weighted by molar-refractivity contribution is 6.01. The van der Waals surface area contributed by atoms with Gasteiger partial charge in [0.15, 0.2) is 11.5 Å². The molecule has 128 valence electrons. The second-order valence-corrected chi connectivity index (χ2v) is 5.05. The molecule has 0 fully saturated rings. The third-order valence-corrected chi connectivity index (χ3v) is 3.26. The number of aromatic nitrogens is 3. The third kappa shape index (κ3) is 4.23. The highest BCUT2D eigenvalue weighted by Gasteiger charge is 2.14. The Balaban J connectivity index is 1.48. The molecule has 1 aliphatic rings. The van der Waals surface area contributed by atoms with Crippen LogP contribution in [0.3, 0.4) is 0 Å². The van der Waals surface area contributed by atoms with Gasteiger partial charge in [-0.1, -0.05) is 0 Å². The number of amides is 3. The number of carbonyl (C=O) groups excluding carboxylic acids is 2. The van der Waals surface area contributed by atoms with Crippen molar-refractivity contribution < 1.29 is 19.1 Å². The van der Waals surface area contributed by atoms with Crippen molar-refractivity contribution in [1.29, 1.82) is 5.26 Å². The van der Waals surface area contributed by atoms with Gasteiger partial charge >= 0.3 is 6.03 Å². The molecule has 1 aromatic carbocycles. The number of imide groups is 1. The first kappa shape index (κ1) is 16.3. The van der Waals surface area contributed by atoms with Gasteiger partial charge in [0.2, 0.25) is 5.91 Å². The molecular weight excluding hydrogens is 328 g/mol. The summed E-state index contributed by atoms with van der Waals surface area (Å²) in [6.45, 7) is 1.13. The van der Waals surface area contributed by atoms with E-state index in [4.69, 9.17) is 14.7 Å². The fourth-order valence-electron chi connectivity index (χ4n) is 2.14. The van der Waals surface area contributed by atoms with Crippen LogP contribution in [0.2, 0.25) is 0 Å². The zero-order chi connectivity index (χ0) is 17.6. The van der Waals surface area contributed by atoms with Crippen LogP contribution in [-0.4, -0.2) is 39.9 Å². The normalized spacial score (nSPS) is 12.1. The molecular formula is C15H14N6O4. The molecule has 1 aromatic heterocycles. The summed E-state index contributed by atoms with van der Waals surface area (Å²) in [5, 5.41) is 17.2. The van der Waals surface area contributed by atoms with Gasteiger partial charge in [-0.3, -0.25) is 14.8 Å². The van der Waals surface area contributed by atoms with E-state index in [0.717, 1.165) is 0 Å². The monoisotopic (exact) mass is 342 g/mol. The third-order valence-electron chi connectivity index (χ3n) is 3.26. The van der Waals surface area contributed by atoms with Gasteiger partial charge in [-0.05, 0) is 12.1 Å². The molecule has 0 unspecified atom stereocenters. The molecule has 10 nitrogen and oxygen atoms in total. The predicted octanol–water partition coefficient (Wildman–Crippen LogP) is 0.659. The number of urea groups is 1. The molecule has 0 saturated carbocycles. The Hall–Kier alpha value is -3.61. The molecule has 2 heterocycles. The summed E-state index contributed by atoms with van der Waals surface area (Å²) in [6.07, 6.45) is 1.36. The van der Waals surface area contributed by atoms with Gasteiger partial charge in [0.05, 0.1) is 6.54 Å². The van der Waals surface area contributed by atoms with E-state index >= 15 is 0 Å². The summed E-state index contributed by atoms with van der Waals surface area (Å²) in [5.74, 6) is 0.688. The number of nitriles is 1. The smallest absolute Gasteiger partial charge is 0.325 e. The number of fused-ring (bicyclic) bond motifs is 1. The van der Waals surface area contributed by atoms with Crippen molar-refractivity contribution in [3.05, 3.63) is 30.4 Å². The second-order valence-electron chi connectivity index (χ2n) is 5.05. The number of nitrogens with zero attached hydrogens (tertiary/aromatic N) is 4. The maximum absolute atomic E-state index is 11.9.